The van der Waals surface area contributed by atoms with Crippen molar-refractivity contribution in [3.8, 4) is 0 Å². The van der Waals surface area contributed by atoms with Crippen LogP contribution in [0.3, 0.4) is 0 Å². The van der Waals surface area contributed by atoms with Crippen LogP contribution >= 0.6 is 0 Å². The van der Waals surface area contributed by atoms with Crippen LogP contribution in [-0.2, 0) is 9.84 Å². The maximum Gasteiger partial charge on any atom is 0.153 e. The molecule has 0 amide bonds. The van der Waals surface area contributed by atoms with Crippen LogP contribution in [0.5, 0.6) is 0 Å². The van der Waals surface area contributed by atoms with Gasteiger partial charge in [-0.05, 0) is 19.8 Å². The Labute approximate surface area is 103 Å². The van der Waals surface area contributed by atoms with Crippen LogP contribution < -0.4 is 5.32 Å². The van der Waals surface area contributed by atoms with Gasteiger partial charge in [0, 0.05) is 31.2 Å². The minimum absolute atomic E-state index is 0.0591. The van der Waals surface area contributed by atoms with Crippen LogP contribution in [0.2, 0.25) is 0 Å². The number of hydrogen-bond donors (Lipinski definition) is 2. The maximum atomic E-state index is 11.5. The molecule has 1 saturated heterocycles. The molecule has 0 aromatic heterocycles. The average Bonchev–Trinajstić information content (AvgIpc) is 3.04. The molecule has 100 valence electrons. The highest BCUT2D eigenvalue weighted by Gasteiger charge is 2.31. The van der Waals surface area contributed by atoms with Gasteiger partial charge in [-0.25, -0.2) is 8.42 Å². The highest BCUT2D eigenvalue weighted by molar-refractivity contribution is 7.91. The second-order valence-corrected chi connectivity index (χ2v) is 7.51. The summed E-state index contributed by atoms with van der Waals surface area (Å²) in [6, 6.07) is 0.700. The lowest BCUT2D eigenvalue weighted by atomic mass is 10.2. The van der Waals surface area contributed by atoms with E-state index >= 15 is 0 Å². The summed E-state index contributed by atoms with van der Waals surface area (Å²) in [7, 11) is -2.84. The average molecular weight is 262 g/mol. The monoisotopic (exact) mass is 262 g/mol. The smallest absolute Gasteiger partial charge is 0.153 e. The van der Waals surface area contributed by atoms with Gasteiger partial charge in [-0.2, -0.15) is 0 Å². The third-order valence-corrected chi connectivity index (χ3v) is 5.33. The predicted octanol–water partition coefficient (Wildman–Crippen LogP) is -0.782. The van der Waals surface area contributed by atoms with Gasteiger partial charge in [-0.1, -0.05) is 0 Å². The number of aliphatic hydroxyl groups is 1. The SMILES string of the molecule is CC1CS(=O)(=O)CCN1CC(CO)NC1CC1. The van der Waals surface area contributed by atoms with Gasteiger partial charge >= 0.3 is 0 Å². The summed E-state index contributed by atoms with van der Waals surface area (Å²) in [4.78, 5) is 2.16. The fourth-order valence-corrected chi connectivity index (χ4v) is 3.96. The summed E-state index contributed by atoms with van der Waals surface area (Å²) in [5, 5.41) is 12.7. The van der Waals surface area contributed by atoms with Gasteiger partial charge in [0.15, 0.2) is 9.84 Å². The van der Waals surface area contributed by atoms with Crippen LogP contribution in [0.1, 0.15) is 19.8 Å². The van der Waals surface area contributed by atoms with E-state index in [1.807, 2.05) is 6.92 Å². The Balaban J connectivity index is 1.84. The zero-order valence-electron chi connectivity index (χ0n) is 10.3. The maximum absolute atomic E-state index is 11.5. The Hall–Kier alpha value is -0.170. The molecule has 0 spiro atoms. The highest BCUT2D eigenvalue weighted by Crippen LogP contribution is 2.20. The van der Waals surface area contributed by atoms with Crippen LogP contribution in [-0.4, -0.2) is 67.8 Å². The van der Waals surface area contributed by atoms with Gasteiger partial charge < -0.3 is 10.4 Å². The number of nitrogens with zero attached hydrogens (tertiary/aromatic N) is 1. The van der Waals surface area contributed by atoms with Crippen LogP contribution in [0.15, 0.2) is 0 Å². The van der Waals surface area contributed by atoms with Crippen LogP contribution in [0.25, 0.3) is 0 Å². The number of hydrogen-bond acceptors (Lipinski definition) is 5. The summed E-state index contributed by atoms with van der Waals surface area (Å²) < 4.78 is 22.9. The standard InChI is InChI=1S/C11H22N2O3S/c1-9-8-17(15,16)5-4-13(9)6-11(7-14)12-10-2-3-10/h9-12,14H,2-8H2,1H3. The molecule has 1 aliphatic heterocycles. The molecule has 0 aromatic carbocycles. The van der Waals surface area contributed by atoms with E-state index in [4.69, 9.17) is 0 Å². The lowest BCUT2D eigenvalue weighted by molar-refractivity contribution is 0.159. The first-order valence-corrected chi connectivity index (χ1v) is 8.13. The van der Waals surface area contributed by atoms with E-state index in [1.165, 1.54) is 12.8 Å². The van der Waals surface area contributed by atoms with E-state index in [2.05, 4.69) is 10.2 Å². The normalized spacial score (nSPS) is 31.3. The largest absolute Gasteiger partial charge is 0.395 e. The minimum atomic E-state index is -2.84. The van der Waals surface area contributed by atoms with Gasteiger partial charge in [0.1, 0.15) is 0 Å². The van der Waals surface area contributed by atoms with Crippen molar-refractivity contribution in [2.45, 2.75) is 37.9 Å². The first kappa shape index (κ1) is 13.3. The zero-order chi connectivity index (χ0) is 12.5. The molecule has 2 rings (SSSR count). The summed E-state index contributed by atoms with van der Waals surface area (Å²) >= 11 is 0. The first-order valence-electron chi connectivity index (χ1n) is 6.31. The molecule has 1 saturated carbocycles. The molecule has 0 radical (unpaired) electrons. The molecule has 0 aromatic rings. The second-order valence-electron chi connectivity index (χ2n) is 5.28. The summed E-state index contributed by atoms with van der Waals surface area (Å²) in [6.07, 6.45) is 2.39. The topological polar surface area (TPSA) is 69.6 Å². The van der Waals surface area contributed by atoms with E-state index in [-0.39, 0.29) is 30.2 Å². The zero-order valence-corrected chi connectivity index (χ0v) is 11.1. The summed E-state index contributed by atoms with van der Waals surface area (Å²) in [5.41, 5.74) is 0. The van der Waals surface area contributed by atoms with Crippen molar-refractivity contribution in [2.75, 3.05) is 31.2 Å². The molecule has 1 heterocycles. The minimum Gasteiger partial charge on any atom is -0.395 e. The fraction of sp³-hybridized carbons (Fsp3) is 1.00. The second kappa shape index (κ2) is 5.22. The van der Waals surface area contributed by atoms with Crippen LogP contribution in [0, 0.1) is 0 Å². The van der Waals surface area contributed by atoms with E-state index in [0.29, 0.717) is 12.6 Å². The third kappa shape index (κ3) is 3.91. The molecule has 2 atom stereocenters. The van der Waals surface area contributed by atoms with Crippen molar-refractivity contribution in [2.24, 2.45) is 0 Å². The molecule has 5 nitrogen and oxygen atoms in total. The Kier molecular flexibility index (Phi) is 4.07. The van der Waals surface area contributed by atoms with Gasteiger partial charge in [-0.15, -0.1) is 0 Å². The van der Waals surface area contributed by atoms with Gasteiger partial charge in [0.2, 0.25) is 0 Å². The molecular weight excluding hydrogens is 240 g/mol. The van der Waals surface area contributed by atoms with Gasteiger partial charge in [0.05, 0.1) is 18.1 Å². The lowest BCUT2D eigenvalue weighted by Gasteiger charge is -2.35. The molecule has 2 unspecified atom stereocenters. The molecular formula is C11H22N2O3S. The molecule has 0 bridgehead atoms. The molecule has 1 aliphatic carbocycles. The predicted molar refractivity (Wildman–Crippen MR) is 66.7 cm³/mol. The number of sulfone groups is 1. The molecule has 2 N–H and O–H groups in total. The highest BCUT2D eigenvalue weighted by atomic mass is 32.2. The van der Waals surface area contributed by atoms with Crippen molar-refractivity contribution >= 4 is 9.84 Å². The number of rotatable bonds is 5. The lowest BCUT2D eigenvalue weighted by Crippen LogP contribution is -2.53. The fourth-order valence-electron chi connectivity index (χ4n) is 2.33. The Morgan fingerprint density at radius 3 is 2.71 bits per heavy atom. The van der Waals surface area contributed by atoms with Crippen molar-refractivity contribution in [1.82, 2.24) is 10.2 Å². The quantitative estimate of drug-likeness (QED) is 0.680. The summed E-state index contributed by atoms with van der Waals surface area (Å²) in [5.74, 6) is 0.494. The van der Waals surface area contributed by atoms with Crippen molar-refractivity contribution in [1.29, 1.82) is 0 Å². The number of aliphatic hydroxyl groups excluding tert-OH is 1. The Morgan fingerprint density at radius 1 is 1.47 bits per heavy atom. The molecule has 2 fully saturated rings. The molecule has 2 aliphatic rings. The van der Waals surface area contributed by atoms with Crippen molar-refractivity contribution in [3.63, 3.8) is 0 Å². The molecule has 17 heavy (non-hydrogen) atoms. The number of nitrogens with one attached hydrogen (secondary N) is 1. The van der Waals surface area contributed by atoms with Crippen molar-refractivity contribution < 1.29 is 13.5 Å². The molecule has 6 heteroatoms. The van der Waals surface area contributed by atoms with Gasteiger partial charge in [0.25, 0.3) is 0 Å². The summed E-state index contributed by atoms with van der Waals surface area (Å²) in [6.45, 7) is 3.39. The third-order valence-electron chi connectivity index (χ3n) is 3.53. The van der Waals surface area contributed by atoms with Crippen LogP contribution in [0.4, 0.5) is 0 Å². The first-order chi connectivity index (χ1) is 8.00. The van der Waals surface area contributed by atoms with E-state index < -0.39 is 9.84 Å². The Bertz CT molecular complexity index is 354. The van der Waals surface area contributed by atoms with E-state index in [1.54, 1.807) is 0 Å². The van der Waals surface area contributed by atoms with E-state index in [0.717, 1.165) is 6.54 Å². The van der Waals surface area contributed by atoms with Gasteiger partial charge in [-0.3, -0.25) is 4.90 Å². The van der Waals surface area contributed by atoms with E-state index in [9.17, 15) is 13.5 Å². The Morgan fingerprint density at radius 2 is 2.18 bits per heavy atom. The van der Waals surface area contributed by atoms with Crippen molar-refractivity contribution in [3.05, 3.63) is 0 Å².